The predicted molar refractivity (Wildman–Crippen MR) is 87.4 cm³/mol. The highest BCUT2D eigenvalue weighted by Gasteiger charge is 2.28. The van der Waals surface area contributed by atoms with E-state index in [9.17, 15) is 17.6 Å². The summed E-state index contributed by atoms with van der Waals surface area (Å²) in [5.41, 5.74) is 2.16. The smallest absolute Gasteiger partial charge is 0.264 e. The second kappa shape index (κ2) is 7.07. The van der Waals surface area contributed by atoms with E-state index < -0.39 is 28.3 Å². The normalized spacial score (nSPS) is 11.1. The number of hydrazine groups is 1. The summed E-state index contributed by atoms with van der Waals surface area (Å²) in [5, 5.41) is 0. The van der Waals surface area contributed by atoms with Crippen molar-refractivity contribution in [2.24, 2.45) is 5.84 Å². The summed E-state index contributed by atoms with van der Waals surface area (Å²) in [7, 11) is -4.08. The third kappa shape index (κ3) is 3.87. The van der Waals surface area contributed by atoms with Crippen molar-refractivity contribution in [3.05, 3.63) is 58.8 Å². The average Bonchev–Trinajstić information content (AvgIpc) is 2.53. The molecule has 0 aliphatic rings. The van der Waals surface area contributed by atoms with Crippen LogP contribution in [0.1, 0.15) is 0 Å². The van der Waals surface area contributed by atoms with Crippen LogP contribution in [0.25, 0.3) is 0 Å². The van der Waals surface area contributed by atoms with Crippen molar-refractivity contribution in [1.29, 1.82) is 0 Å². The maximum atomic E-state index is 13.0. The molecule has 6 nitrogen and oxygen atoms in total. The van der Waals surface area contributed by atoms with E-state index in [1.165, 1.54) is 6.07 Å². The lowest BCUT2D eigenvalue weighted by atomic mass is 10.3. The number of nitrogens with zero attached hydrogens (tertiary/aromatic N) is 1. The van der Waals surface area contributed by atoms with Crippen LogP contribution >= 0.6 is 15.9 Å². The number of halogens is 2. The van der Waals surface area contributed by atoms with Crippen LogP contribution in [0.4, 0.5) is 10.1 Å². The lowest BCUT2D eigenvalue weighted by Gasteiger charge is -2.24. The molecule has 2 rings (SSSR count). The number of amides is 1. The molecule has 0 heterocycles. The minimum atomic E-state index is -4.08. The molecule has 3 N–H and O–H groups in total. The van der Waals surface area contributed by atoms with Crippen LogP contribution in [0.2, 0.25) is 0 Å². The molecule has 0 atom stereocenters. The van der Waals surface area contributed by atoms with Crippen molar-refractivity contribution < 1.29 is 17.6 Å². The number of rotatable bonds is 5. The van der Waals surface area contributed by atoms with Gasteiger partial charge >= 0.3 is 0 Å². The summed E-state index contributed by atoms with van der Waals surface area (Å²) >= 11 is 3.26. The first-order valence-electron chi connectivity index (χ1n) is 6.38. The highest BCUT2D eigenvalue weighted by Crippen LogP contribution is 2.30. The third-order valence-electron chi connectivity index (χ3n) is 2.97. The number of benzene rings is 2. The van der Waals surface area contributed by atoms with Gasteiger partial charge < -0.3 is 0 Å². The second-order valence-corrected chi connectivity index (χ2v) is 7.20. The van der Waals surface area contributed by atoms with Gasteiger partial charge in [0.1, 0.15) is 12.4 Å². The van der Waals surface area contributed by atoms with Crippen LogP contribution in [-0.4, -0.2) is 20.9 Å². The Bertz CT molecular complexity index is 812. The topological polar surface area (TPSA) is 92.5 Å². The summed E-state index contributed by atoms with van der Waals surface area (Å²) in [6.07, 6.45) is 0. The van der Waals surface area contributed by atoms with E-state index in [1.807, 2.05) is 5.43 Å². The van der Waals surface area contributed by atoms with Crippen LogP contribution in [0.15, 0.2) is 57.9 Å². The van der Waals surface area contributed by atoms with Gasteiger partial charge in [0.25, 0.3) is 15.9 Å². The molecule has 0 aliphatic heterocycles. The van der Waals surface area contributed by atoms with Crippen LogP contribution in [0.3, 0.4) is 0 Å². The molecule has 0 radical (unpaired) electrons. The molecule has 0 saturated heterocycles. The molecule has 1 amide bonds. The zero-order valence-corrected chi connectivity index (χ0v) is 14.1. The average molecular weight is 402 g/mol. The van der Waals surface area contributed by atoms with Gasteiger partial charge in [-0.15, -0.1) is 0 Å². The van der Waals surface area contributed by atoms with Crippen molar-refractivity contribution in [3.63, 3.8) is 0 Å². The molecule has 2 aromatic rings. The highest BCUT2D eigenvalue weighted by atomic mass is 79.9. The SMILES string of the molecule is NNC(=O)CN(c1ccccc1Br)S(=O)(=O)c1ccc(F)cc1. The van der Waals surface area contributed by atoms with Gasteiger partial charge in [0.15, 0.2) is 0 Å². The molecule has 0 aliphatic carbocycles. The zero-order valence-electron chi connectivity index (χ0n) is 11.7. The van der Waals surface area contributed by atoms with Gasteiger partial charge in [0.05, 0.1) is 10.6 Å². The monoisotopic (exact) mass is 401 g/mol. The lowest BCUT2D eigenvalue weighted by Crippen LogP contribution is -2.43. The summed E-state index contributed by atoms with van der Waals surface area (Å²) in [6, 6.07) is 10.9. The number of sulfonamides is 1. The van der Waals surface area contributed by atoms with Gasteiger partial charge in [-0.3, -0.25) is 14.5 Å². The molecular weight excluding hydrogens is 389 g/mol. The van der Waals surface area contributed by atoms with Crippen LogP contribution < -0.4 is 15.6 Å². The van der Waals surface area contributed by atoms with E-state index >= 15 is 0 Å². The first-order valence-corrected chi connectivity index (χ1v) is 8.62. The van der Waals surface area contributed by atoms with Crippen molar-refractivity contribution >= 4 is 37.5 Å². The Morgan fingerprint density at radius 3 is 2.35 bits per heavy atom. The summed E-state index contributed by atoms with van der Waals surface area (Å²) in [6.45, 7) is -0.515. The zero-order chi connectivity index (χ0) is 17.0. The first kappa shape index (κ1) is 17.4. The molecule has 0 unspecified atom stereocenters. The lowest BCUT2D eigenvalue weighted by molar-refractivity contribution is -0.119. The van der Waals surface area contributed by atoms with E-state index in [1.54, 1.807) is 18.2 Å². The number of carbonyl (C=O) groups excluding carboxylic acids is 1. The molecule has 2 aromatic carbocycles. The molecule has 23 heavy (non-hydrogen) atoms. The summed E-state index contributed by atoms with van der Waals surface area (Å²) in [4.78, 5) is 11.5. The first-order chi connectivity index (χ1) is 10.9. The molecule has 0 bridgehead atoms. The number of nitrogens with one attached hydrogen (secondary N) is 1. The number of anilines is 1. The highest BCUT2D eigenvalue weighted by molar-refractivity contribution is 9.10. The van der Waals surface area contributed by atoms with Crippen molar-refractivity contribution in [2.45, 2.75) is 4.90 Å². The molecule has 9 heteroatoms. The van der Waals surface area contributed by atoms with E-state index in [0.29, 0.717) is 4.47 Å². The number of hydrogen-bond donors (Lipinski definition) is 2. The predicted octanol–water partition coefficient (Wildman–Crippen LogP) is 1.77. The quantitative estimate of drug-likeness (QED) is 0.453. The molecule has 0 aromatic heterocycles. The summed E-state index contributed by atoms with van der Waals surface area (Å²) < 4.78 is 40.0. The second-order valence-electron chi connectivity index (χ2n) is 4.48. The van der Waals surface area contributed by atoms with E-state index in [4.69, 9.17) is 5.84 Å². The molecule has 0 fully saturated rings. The van der Waals surface area contributed by atoms with Crippen LogP contribution in [-0.2, 0) is 14.8 Å². The van der Waals surface area contributed by atoms with Crippen LogP contribution in [0, 0.1) is 5.82 Å². The molecule has 0 spiro atoms. The van der Waals surface area contributed by atoms with Gasteiger partial charge in [-0.2, -0.15) is 0 Å². The molecule has 122 valence electrons. The molecule has 0 saturated carbocycles. The number of hydrogen-bond acceptors (Lipinski definition) is 4. The van der Waals surface area contributed by atoms with E-state index in [2.05, 4.69) is 15.9 Å². The van der Waals surface area contributed by atoms with Crippen molar-refractivity contribution in [2.75, 3.05) is 10.8 Å². The fourth-order valence-electron chi connectivity index (χ4n) is 1.86. The number of nitrogens with two attached hydrogens (primary N) is 1. The van der Waals surface area contributed by atoms with Gasteiger partial charge in [-0.25, -0.2) is 18.7 Å². The third-order valence-corrected chi connectivity index (χ3v) is 5.42. The fraction of sp³-hybridized carbons (Fsp3) is 0.0714. The Balaban J connectivity index is 2.54. The summed E-state index contributed by atoms with van der Waals surface area (Å²) in [5.74, 6) is 3.81. The molecular formula is C14H13BrFN3O3S. The van der Waals surface area contributed by atoms with Crippen LogP contribution in [0.5, 0.6) is 0 Å². The van der Waals surface area contributed by atoms with Gasteiger partial charge in [0.2, 0.25) is 0 Å². The Morgan fingerprint density at radius 2 is 1.78 bits per heavy atom. The van der Waals surface area contributed by atoms with Gasteiger partial charge in [-0.1, -0.05) is 12.1 Å². The van der Waals surface area contributed by atoms with E-state index in [-0.39, 0.29) is 10.6 Å². The van der Waals surface area contributed by atoms with Gasteiger partial charge in [0, 0.05) is 4.47 Å². The minimum Gasteiger partial charge on any atom is -0.293 e. The minimum absolute atomic E-state index is 0.139. The maximum Gasteiger partial charge on any atom is 0.264 e. The Morgan fingerprint density at radius 1 is 1.17 bits per heavy atom. The van der Waals surface area contributed by atoms with E-state index in [0.717, 1.165) is 28.6 Å². The standard InChI is InChI=1S/C14H13BrFN3O3S/c15-12-3-1-2-4-13(12)19(9-14(20)18-17)23(21,22)11-7-5-10(16)6-8-11/h1-8H,9,17H2,(H,18,20). The maximum absolute atomic E-state index is 13.0. The van der Waals surface area contributed by atoms with Crippen molar-refractivity contribution in [1.82, 2.24) is 5.43 Å². The number of para-hydroxylation sites is 1. The number of carbonyl (C=O) groups is 1. The Kier molecular flexibility index (Phi) is 5.34. The largest absolute Gasteiger partial charge is 0.293 e. The fourth-order valence-corrected chi connectivity index (χ4v) is 3.92. The van der Waals surface area contributed by atoms with Gasteiger partial charge in [-0.05, 0) is 52.3 Å². The van der Waals surface area contributed by atoms with Crippen molar-refractivity contribution in [3.8, 4) is 0 Å². The Hall–Kier alpha value is -1.97. The Labute approximate surface area is 141 Å².